The van der Waals surface area contributed by atoms with Gasteiger partial charge in [-0.1, -0.05) is 29.8 Å². The number of likely N-dealkylation sites (tertiary alicyclic amines) is 1. The minimum Gasteiger partial charge on any atom is -0.493 e. The molecule has 10 nitrogen and oxygen atoms in total. The number of halogens is 4. The van der Waals surface area contributed by atoms with Gasteiger partial charge >= 0.3 is 12.1 Å². The second-order valence-electron chi connectivity index (χ2n) is 11.3. The van der Waals surface area contributed by atoms with Gasteiger partial charge in [0.2, 0.25) is 5.60 Å². The number of carboxylic acids is 1. The molecule has 1 fully saturated rings. The number of aliphatic carboxylic acids is 1. The van der Waals surface area contributed by atoms with Crippen LogP contribution in [-0.2, 0) is 23.4 Å². The monoisotopic (exact) mass is 661 g/mol. The van der Waals surface area contributed by atoms with Crippen molar-refractivity contribution in [1.82, 2.24) is 9.47 Å². The van der Waals surface area contributed by atoms with E-state index in [1.165, 1.54) is 34.9 Å². The number of rotatable bonds is 11. The third-order valence-electron chi connectivity index (χ3n) is 8.12. The Morgan fingerprint density at radius 1 is 1.04 bits per heavy atom. The van der Waals surface area contributed by atoms with Gasteiger partial charge in [-0.2, -0.15) is 13.2 Å². The van der Waals surface area contributed by atoms with Crippen LogP contribution in [0.2, 0.25) is 5.02 Å². The Kier molecular flexibility index (Phi) is 9.47. The highest BCUT2D eigenvalue weighted by atomic mass is 35.5. The Morgan fingerprint density at radius 3 is 2.33 bits per heavy atom. The van der Waals surface area contributed by atoms with E-state index in [-0.39, 0.29) is 48.7 Å². The van der Waals surface area contributed by atoms with Crippen LogP contribution < -0.4 is 9.47 Å². The topological polar surface area (TPSA) is 127 Å². The number of hydrogen-bond donors (Lipinski definition) is 2. The summed E-state index contributed by atoms with van der Waals surface area (Å²) in [6.07, 6.45) is -3.68. The second-order valence-corrected chi connectivity index (χ2v) is 11.7. The molecule has 1 aliphatic heterocycles. The lowest BCUT2D eigenvalue weighted by Gasteiger charge is -2.39. The number of nitro benzene ring substituents is 1. The highest BCUT2D eigenvalue weighted by molar-refractivity contribution is 6.30. The zero-order valence-corrected chi connectivity index (χ0v) is 25.4. The number of piperidine rings is 1. The first-order chi connectivity index (χ1) is 21.8. The molecule has 0 bridgehead atoms. The predicted molar refractivity (Wildman–Crippen MR) is 164 cm³/mol. The van der Waals surface area contributed by atoms with Crippen LogP contribution in [0.15, 0.2) is 66.9 Å². The lowest BCUT2D eigenvalue weighted by Crippen LogP contribution is -2.53. The molecule has 244 valence electrons. The van der Waals surface area contributed by atoms with Gasteiger partial charge in [0, 0.05) is 60.5 Å². The number of aromatic nitrogens is 1. The zero-order valence-electron chi connectivity index (χ0n) is 24.7. The van der Waals surface area contributed by atoms with E-state index in [1.54, 1.807) is 42.5 Å². The number of benzene rings is 3. The van der Waals surface area contributed by atoms with Gasteiger partial charge in [-0.05, 0) is 54.3 Å². The summed E-state index contributed by atoms with van der Waals surface area (Å²) in [5.74, 6) is -0.248. The zero-order chi connectivity index (χ0) is 33.2. The molecule has 2 N–H and O–H groups in total. The van der Waals surface area contributed by atoms with Crippen LogP contribution in [0.1, 0.15) is 29.5 Å². The number of aliphatic hydroxyl groups is 1. The molecule has 1 aromatic heterocycles. The number of fused-ring (bicyclic) bond motifs is 1. The molecule has 5 rings (SSSR count). The van der Waals surface area contributed by atoms with Crippen molar-refractivity contribution in [2.45, 2.75) is 43.7 Å². The molecule has 4 aromatic rings. The largest absolute Gasteiger partial charge is 0.493 e. The van der Waals surface area contributed by atoms with Crippen LogP contribution in [-0.4, -0.2) is 69.6 Å². The van der Waals surface area contributed by atoms with Crippen LogP contribution in [0.5, 0.6) is 11.5 Å². The number of carboxylic acid groups (broad SMARTS) is 1. The number of methoxy groups -OCH3 is 1. The molecule has 3 aromatic carbocycles. The van der Waals surface area contributed by atoms with Crippen LogP contribution in [0.3, 0.4) is 0 Å². The highest BCUT2D eigenvalue weighted by Crippen LogP contribution is 2.44. The third-order valence-corrected chi connectivity index (χ3v) is 8.37. The number of ether oxygens (including phenoxy) is 2. The molecule has 2 heterocycles. The van der Waals surface area contributed by atoms with Crippen molar-refractivity contribution < 1.29 is 42.6 Å². The van der Waals surface area contributed by atoms with E-state index >= 15 is 0 Å². The maximum Gasteiger partial charge on any atom is 0.422 e. The maximum absolute atomic E-state index is 14.8. The molecule has 46 heavy (non-hydrogen) atoms. The molecule has 0 aliphatic carbocycles. The van der Waals surface area contributed by atoms with Crippen molar-refractivity contribution in [3.63, 3.8) is 0 Å². The lowest BCUT2D eigenvalue weighted by molar-refractivity contribution is -0.384. The Hall–Kier alpha value is -4.33. The molecule has 0 saturated carbocycles. The summed E-state index contributed by atoms with van der Waals surface area (Å²) >= 11 is 5.98. The Bertz CT molecular complexity index is 1740. The van der Waals surface area contributed by atoms with E-state index in [1.807, 2.05) is 0 Å². The molecule has 0 radical (unpaired) electrons. The van der Waals surface area contributed by atoms with Crippen molar-refractivity contribution >= 4 is 34.2 Å². The van der Waals surface area contributed by atoms with Crippen molar-refractivity contribution in [2.75, 3.05) is 26.7 Å². The molecule has 0 amide bonds. The number of nitro groups is 1. The molecule has 1 atom stereocenters. The highest BCUT2D eigenvalue weighted by Gasteiger charge is 2.57. The third kappa shape index (κ3) is 7.06. The summed E-state index contributed by atoms with van der Waals surface area (Å²) in [6.45, 7) is -0.283. The number of nitrogens with zero attached hydrogens (tertiary/aromatic N) is 3. The quantitative estimate of drug-likeness (QED) is 0.144. The van der Waals surface area contributed by atoms with Crippen LogP contribution in [0, 0.1) is 10.1 Å². The van der Waals surface area contributed by atoms with Crippen LogP contribution in [0.25, 0.3) is 10.9 Å². The summed E-state index contributed by atoms with van der Waals surface area (Å²) in [6, 6.07) is 15.0. The number of hydrogen-bond acceptors (Lipinski definition) is 7. The second kappa shape index (κ2) is 13.2. The van der Waals surface area contributed by atoms with E-state index in [0.717, 1.165) is 6.07 Å². The fourth-order valence-corrected chi connectivity index (χ4v) is 5.88. The first kappa shape index (κ1) is 33.0. The maximum atomic E-state index is 14.8. The van der Waals surface area contributed by atoms with Gasteiger partial charge in [0.15, 0.2) is 11.5 Å². The first-order valence-corrected chi connectivity index (χ1v) is 14.7. The van der Waals surface area contributed by atoms with E-state index < -0.39 is 34.8 Å². The van der Waals surface area contributed by atoms with Gasteiger partial charge in [0.25, 0.3) is 5.69 Å². The van der Waals surface area contributed by atoms with Gasteiger partial charge in [-0.25, -0.2) is 0 Å². The molecular weight excluding hydrogens is 631 g/mol. The van der Waals surface area contributed by atoms with Crippen molar-refractivity contribution in [1.29, 1.82) is 0 Å². The normalized spacial score (nSPS) is 15.9. The molecule has 14 heteroatoms. The SMILES string of the molecule is COc1cc(CC(=O)O)ccc1OC1CCN(CC(O)(c2cn(Cc3ccc(Cl)cc3)c3cc([N+](=O)[O-])ccc23)C(F)(F)F)CC1. The first-order valence-electron chi connectivity index (χ1n) is 14.4. The van der Waals surface area contributed by atoms with E-state index in [2.05, 4.69) is 0 Å². The van der Waals surface area contributed by atoms with Crippen LogP contribution >= 0.6 is 11.6 Å². The van der Waals surface area contributed by atoms with E-state index in [4.69, 9.17) is 26.2 Å². The molecule has 0 spiro atoms. The lowest BCUT2D eigenvalue weighted by atomic mass is 9.91. The smallest absolute Gasteiger partial charge is 0.422 e. The summed E-state index contributed by atoms with van der Waals surface area (Å²) < 4.78 is 57.4. The van der Waals surface area contributed by atoms with Crippen molar-refractivity contribution in [3.05, 3.63) is 98.7 Å². The van der Waals surface area contributed by atoms with Gasteiger partial charge in [0.05, 0.1) is 24.0 Å². The van der Waals surface area contributed by atoms with Gasteiger partial charge in [-0.15, -0.1) is 0 Å². The predicted octanol–water partition coefficient (Wildman–Crippen LogP) is 6.18. The Morgan fingerprint density at radius 2 is 1.72 bits per heavy atom. The molecule has 1 unspecified atom stereocenters. The average molecular weight is 662 g/mol. The van der Waals surface area contributed by atoms with Crippen molar-refractivity contribution in [2.24, 2.45) is 0 Å². The standard InChI is InChI=1S/C32H31ClF3N3O7/c1-45-29-14-21(15-30(40)41)4-9-28(29)46-24-10-12-37(13-11-24)19-31(42,32(34,35)36)26-18-38(17-20-2-5-22(33)6-3-20)27-16-23(39(43)44)7-8-25(26)27/h2-9,14,16,18,24,42H,10-13,15,17,19H2,1H3,(H,40,41). The Labute approximate surface area is 266 Å². The minimum absolute atomic E-state index is 0.0519. The number of alkyl halides is 3. The minimum atomic E-state index is -5.08. The Balaban J connectivity index is 1.38. The fourth-order valence-electron chi connectivity index (χ4n) is 5.75. The fraction of sp³-hybridized carbons (Fsp3) is 0.344. The average Bonchev–Trinajstić information content (AvgIpc) is 3.37. The number of β-amino-alcohol motifs (C(OH)–C–C–N with tert-alkyl or cyclic N) is 1. The molecular formula is C32H31ClF3N3O7. The number of non-ortho nitro benzene ring substituents is 1. The summed E-state index contributed by atoms with van der Waals surface area (Å²) in [5, 5.41) is 32.6. The van der Waals surface area contributed by atoms with Gasteiger partial charge in [0.1, 0.15) is 6.10 Å². The summed E-state index contributed by atoms with van der Waals surface area (Å²) in [5.41, 5.74) is -2.57. The summed E-state index contributed by atoms with van der Waals surface area (Å²) in [4.78, 5) is 23.5. The summed E-state index contributed by atoms with van der Waals surface area (Å²) in [7, 11) is 1.43. The van der Waals surface area contributed by atoms with Gasteiger partial charge < -0.3 is 24.3 Å². The molecule has 1 saturated heterocycles. The van der Waals surface area contributed by atoms with Crippen LogP contribution in [0.4, 0.5) is 18.9 Å². The van der Waals surface area contributed by atoms with E-state index in [0.29, 0.717) is 40.5 Å². The molecule has 1 aliphatic rings. The van der Waals surface area contributed by atoms with E-state index in [9.17, 15) is 33.2 Å². The van der Waals surface area contributed by atoms with Crippen molar-refractivity contribution in [3.8, 4) is 11.5 Å². The number of carbonyl (C=O) groups is 1. The van der Waals surface area contributed by atoms with Gasteiger partial charge in [-0.3, -0.25) is 19.8 Å².